The van der Waals surface area contributed by atoms with Gasteiger partial charge in [0.15, 0.2) is 12.4 Å². The Hall–Kier alpha value is -3.48. The van der Waals surface area contributed by atoms with Crippen LogP contribution in [-0.4, -0.2) is 30.2 Å². The third-order valence-electron chi connectivity index (χ3n) is 3.87. The molecule has 0 bridgehead atoms. The number of hydrogen-bond donors (Lipinski definition) is 2. The number of ether oxygens (including phenoxy) is 1. The molecule has 0 aliphatic carbocycles. The third-order valence-corrected chi connectivity index (χ3v) is 3.87. The minimum Gasteiger partial charge on any atom is -0.457 e. The van der Waals surface area contributed by atoms with Crippen molar-refractivity contribution >= 4 is 23.6 Å². The Morgan fingerprint density at radius 2 is 1.50 bits per heavy atom. The van der Waals surface area contributed by atoms with E-state index in [4.69, 9.17) is 4.74 Å². The van der Waals surface area contributed by atoms with Crippen LogP contribution in [0, 0.1) is 6.92 Å². The van der Waals surface area contributed by atoms with E-state index in [2.05, 4.69) is 10.9 Å². The van der Waals surface area contributed by atoms with Gasteiger partial charge in [0.05, 0.1) is 0 Å². The summed E-state index contributed by atoms with van der Waals surface area (Å²) in [6.45, 7) is 1.58. The molecule has 2 amide bonds. The number of hydrogen-bond acceptors (Lipinski definition) is 5. The Kier molecular flexibility index (Phi) is 7.90. The van der Waals surface area contributed by atoms with E-state index in [-0.39, 0.29) is 31.7 Å². The monoisotopic (exact) mass is 382 g/mol. The van der Waals surface area contributed by atoms with Crippen molar-refractivity contribution in [1.29, 1.82) is 0 Å². The number of Topliss-reactive ketones (excluding diaryl/α,β-unsaturated/α-hetero) is 1. The van der Waals surface area contributed by atoms with E-state index in [1.165, 1.54) is 0 Å². The summed E-state index contributed by atoms with van der Waals surface area (Å²) in [5.41, 5.74) is 6.52. The molecule has 2 rings (SSSR count). The number of carbonyl (C=O) groups excluding carboxylic acids is 4. The fraction of sp³-hybridized carbons (Fsp3) is 0.238. The number of hydrazine groups is 1. The van der Waals surface area contributed by atoms with E-state index in [1.807, 2.05) is 19.1 Å². The van der Waals surface area contributed by atoms with Gasteiger partial charge in [0.1, 0.15) is 0 Å². The highest BCUT2D eigenvalue weighted by atomic mass is 16.5. The smallest absolute Gasteiger partial charge is 0.306 e. The Balaban J connectivity index is 1.61. The van der Waals surface area contributed by atoms with Gasteiger partial charge in [-0.1, -0.05) is 48.0 Å². The maximum atomic E-state index is 11.9. The van der Waals surface area contributed by atoms with Crippen LogP contribution in [0.5, 0.6) is 0 Å². The molecule has 0 saturated heterocycles. The Labute approximate surface area is 163 Å². The first-order chi connectivity index (χ1) is 13.5. The first kappa shape index (κ1) is 20.8. The first-order valence-corrected chi connectivity index (χ1v) is 8.85. The first-order valence-electron chi connectivity index (χ1n) is 8.85. The Morgan fingerprint density at radius 1 is 0.821 bits per heavy atom. The molecule has 2 aromatic carbocycles. The summed E-state index contributed by atoms with van der Waals surface area (Å²) in [4.78, 5) is 47.1. The van der Waals surface area contributed by atoms with E-state index in [9.17, 15) is 19.2 Å². The Morgan fingerprint density at radius 3 is 2.18 bits per heavy atom. The molecule has 0 heterocycles. The van der Waals surface area contributed by atoms with Crippen molar-refractivity contribution in [3.63, 3.8) is 0 Å². The highest BCUT2D eigenvalue weighted by Gasteiger charge is 2.11. The normalized spacial score (nSPS) is 10.0. The second-order valence-corrected chi connectivity index (χ2v) is 6.17. The zero-order chi connectivity index (χ0) is 20.4. The van der Waals surface area contributed by atoms with Crippen LogP contribution in [-0.2, 0) is 14.3 Å². The van der Waals surface area contributed by atoms with Crippen molar-refractivity contribution in [2.24, 2.45) is 0 Å². The van der Waals surface area contributed by atoms with Crippen LogP contribution in [0.1, 0.15) is 45.5 Å². The maximum Gasteiger partial charge on any atom is 0.306 e. The summed E-state index contributed by atoms with van der Waals surface area (Å²) < 4.78 is 4.94. The molecule has 28 heavy (non-hydrogen) atoms. The SMILES string of the molecule is Cc1ccc(C(=O)COC(=O)CCCC(=O)NNC(=O)c2ccccc2)cc1. The van der Waals surface area contributed by atoms with Gasteiger partial charge in [-0.3, -0.25) is 30.0 Å². The van der Waals surface area contributed by atoms with Gasteiger partial charge in [0.25, 0.3) is 5.91 Å². The third kappa shape index (κ3) is 7.03. The van der Waals surface area contributed by atoms with Crippen LogP contribution in [0.25, 0.3) is 0 Å². The summed E-state index contributed by atoms with van der Waals surface area (Å²) in [5, 5.41) is 0. The lowest BCUT2D eigenvalue weighted by Gasteiger charge is -2.07. The van der Waals surface area contributed by atoms with Crippen LogP contribution < -0.4 is 10.9 Å². The second-order valence-electron chi connectivity index (χ2n) is 6.17. The molecule has 146 valence electrons. The molecule has 2 aromatic rings. The number of benzene rings is 2. The molecule has 2 N–H and O–H groups in total. The van der Waals surface area contributed by atoms with Crippen LogP contribution in [0.3, 0.4) is 0 Å². The van der Waals surface area contributed by atoms with E-state index in [1.54, 1.807) is 42.5 Å². The molecule has 0 aliphatic heterocycles. The van der Waals surface area contributed by atoms with E-state index in [0.717, 1.165) is 5.56 Å². The average molecular weight is 382 g/mol. The molecule has 7 nitrogen and oxygen atoms in total. The van der Waals surface area contributed by atoms with Crippen molar-refractivity contribution in [3.8, 4) is 0 Å². The quantitative estimate of drug-likeness (QED) is 0.415. The molecule has 0 unspecified atom stereocenters. The average Bonchev–Trinajstić information content (AvgIpc) is 2.71. The lowest BCUT2D eigenvalue weighted by molar-refractivity contribution is -0.142. The number of rotatable bonds is 8. The molecule has 0 aliphatic rings. The summed E-state index contributed by atoms with van der Waals surface area (Å²) in [6.07, 6.45) is 0.280. The van der Waals surface area contributed by atoms with Gasteiger partial charge in [-0.15, -0.1) is 0 Å². The zero-order valence-electron chi connectivity index (χ0n) is 15.6. The van der Waals surface area contributed by atoms with Gasteiger partial charge in [-0.2, -0.15) is 0 Å². The lowest BCUT2D eigenvalue weighted by Crippen LogP contribution is -2.41. The van der Waals surface area contributed by atoms with Crippen molar-refractivity contribution in [3.05, 3.63) is 71.3 Å². The van der Waals surface area contributed by atoms with Crippen molar-refractivity contribution in [1.82, 2.24) is 10.9 Å². The second kappa shape index (κ2) is 10.6. The predicted molar refractivity (Wildman–Crippen MR) is 102 cm³/mol. The number of esters is 1. The number of amides is 2. The summed E-state index contributed by atoms with van der Waals surface area (Å²) in [5.74, 6) is -1.69. The number of ketones is 1. The molecule has 0 spiro atoms. The number of nitrogens with one attached hydrogen (secondary N) is 2. The van der Waals surface area contributed by atoms with Gasteiger partial charge in [0.2, 0.25) is 5.91 Å². The summed E-state index contributed by atoms with van der Waals surface area (Å²) in [7, 11) is 0. The van der Waals surface area contributed by atoms with Crippen LogP contribution in [0.2, 0.25) is 0 Å². The van der Waals surface area contributed by atoms with E-state index >= 15 is 0 Å². The molecule has 0 aromatic heterocycles. The molecular formula is C21H22N2O5. The molecule has 7 heteroatoms. The minimum absolute atomic E-state index is 0.00122. The van der Waals surface area contributed by atoms with E-state index in [0.29, 0.717) is 11.1 Å². The largest absolute Gasteiger partial charge is 0.457 e. The maximum absolute atomic E-state index is 11.9. The zero-order valence-corrected chi connectivity index (χ0v) is 15.6. The summed E-state index contributed by atoms with van der Waals surface area (Å²) >= 11 is 0. The Bertz CT molecular complexity index is 832. The lowest BCUT2D eigenvalue weighted by atomic mass is 10.1. The molecule has 0 saturated carbocycles. The van der Waals surface area contributed by atoms with Crippen molar-refractivity contribution < 1.29 is 23.9 Å². The van der Waals surface area contributed by atoms with Crippen molar-refractivity contribution in [2.45, 2.75) is 26.2 Å². The standard InChI is InChI=1S/C21H22N2O5/c1-15-10-12-16(13-11-15)18(24)14-28-20(26)9-5-8-19(25)22-23-21(27)17-6-3-2-4-7-17/h2-4,6-7,10-13H,5,8-9,14H2,1H3,(H,22,25)(H,23,27). The van der Waals surface area contributed by atoms with Gasteiger partial charge in [-0.25, -0.2) is 0 Å². The highest BCUT2D eigenvalue weighted by molar-refractivity contribution is 5.98. The fourth-order valence-corrected chi connectivity index (χ4v) is 2.28. The topological polar surface area (TPSA) is 102 Å². The van der Waals surface area contributed by atoms with Crippen LogP contribution in [0.15, 0.2) is 54.6 Å². The van der Waals surface area contributed by atoms with Crippen molar-refractivity contribution in [2.75, 3.05) is 6.61 Å². The van der Waals surface area contributed by atoms with Crippen LogP contribution in [0.4, 0.5) is 0 Å². The van der Waals surface area contributed by atoms with Gasteiger partial charge in [0, 0.05) is 24.0 Å². The van der Waals surface area contributed by atoms with Gasteiger partial charge < -0.3 is 4.74 Å². The number of carbonyl (C=O) groups is 4. The molecule has 0 radical (unpaired) electrons. The highest BCUT2D eigenvalue weighted by Crippen LogP contribution is 2.05. The number of aryl methyl sites for hydroxylation is 1. The van der Waals surface area contributed by atoms with Gasteiger partial charge >= 0.3 is 5.97 Å². The molecule has 0 atom stereocenters. The van der Waals surface area contributed by atoms with E-state index < -0.39 is 17.8 Å². The van der Waals surface area contributed by atoms with Gasteiger partial charge in [-0.05, 0) is 25.5 Å². The summed E-state index contributed by atoms with van der Waals surface area (Å²) in [6, 6.07) is 15.4. The molecule has 0 fully saturated rings. The predicted octanol–water partition coefficient (Wildman–Crippen LogP) is 2.35. The van der Waals surface area contributed by atoms with Crippen LogP contribution >= 0.6 is 0 Å². The fourth-order valence-electron chi connectivity index (χ4n) is 2.28. The minimum atomic E-state index is -0.554. The molecular weight excluding hydrogens is 360 g/mol.